The van der Waals surface area contributed by atoms with E-state index in [9.17, 15) is 4.79 Å². The van der Waals surface area contributed by atoms with Crippen LogP contribution in [0.1, 0.15) is 41.5 Å². The lowest BCUT2D eigenvalue weighted by Crippen LogP contribution is -2.19. The van der Waals surface area contributed by atoms with Crippen molar-refractivity contribution in [2.75, 3.05) is 16.8 Å². The van der Waals surface area contributed by atoms with Crippen molar-refractivity contribution < 1.29 is 4.79 Å². The number of hydrogen-bond donors (Lipinski definition) is 1. The number of carbonyl (C=O) groups excluding carboxylic acids is 1. The van der Waals surface area contributed by atoms with Crippen molar-refractivity contribution in [1.29, 1.82) is 0 Å². The quantitative estimate of drug-likeness (QED) is 0.497. The van der Waals surface area contributed by atoms with Crippen LogP contribution in [0.5, 0.6) is 0 Å². The third-order valence-electron chi connectivity index (χ3n) is 5.82. The summed E-state index contributed by atoms with van der Waals surface area (Å²) in [7, 11) is 0. The van der Waals surface area contributed by atoms with E-state index in [2.05, 4.69) is 64.5 Å². The lowest BCUT2D eigenvalue weighted by atomic mass is 10.1. The highest BCUT2D eigenvalue weighted by molar-refractivity contribution is 6.08. The number of rotatable bonds is 4. The van der Waals surface area contributed by atoms with Crippen LogP contribution in [-0.2, 0) is 6.42 Å². The Bertz CT molecular complexity index is 1290. The molecule has 6 heteroatoms. The first kappa shape index (κ1) is 19.3. The van der Waals surface area contributed by atoms with E-state index in [0.29, 0.717) is 11.3 Å². The number of fused-ring (bicyclic) bond motifs is 2. The van der Waals surface area contributed by atoms with Crippen molar-refractivity contribution in [3.63, 3.8) is 0 Å². The molecule has 0 aliphatic carbocycles. The third kappa shape index (κ3) is 3.34. The first-order chi connectivity index (χ1) is 15.0. The highest BCUT2D eigenvalue weighted by Gasteiger charge is 2.23. The number of para-hydroxylation sites is 3. The normalized spacial score (nSPS) is 13.1. The van der Waals surface area contributed by atoms with Crippen molar-refractivity contribution >= 4 is 34.0 Å². The maximum absolute atomic E-state index is 13.2. The van der Waals surface area contributed by atoms with Crippen LogP contribution in [0.15, 0.2) is 60.8 Å². The molecule has 2 aromatic carbocycles. The van der Waals surface area contributed by atoms with E-state index in [0.717, 1.165) is 35.4 Å². The molecule has 1 aliphatic rings. The van der Waals surface area contributed by atoms with E-state index >= 15 is 0 Å². The number of aryl methyl sites for hydroxylation is 1. The first-order valence-corrected chi connectivity index (χ1v) is 10.6. The molecule has 0 fully saturated rings. The minimum Gasteiger partial charge on any atom is -0.339 e. The molecule has 0 saturated carbocycles. The van der Waals surface area contributed by atoms with Crippen LogP contribution in [0.3, 0.4) is 0 Å². The van der Waals surface area contributed by atoms with Gasteiger partial charge in [-0.2, -0.15) is 5.10 Å². The summed E-state index contributed by atoms with van der Waals surface area (Å²) >= 11 is 0. The summed E-state index contributed by atoms with van der Waals surface area (Å²) in [5.74, 6) is -0.163. The Kier molecular flexibility index (Phi) is 4.70. The Morgan fingerprint density at radius 2 is 1.81 bits per heavy atom. The molecule has 6 nitrogen and oxygen atoms in total. The van der Waals surface area contributed by atoms with Gasteiger partial charge in [-0.3, -0.25) is 4.79 Å². The fraction of sp³-hybridized carbons (Fsp3) is 0.240. The zero-order valence-corrected chi connectivity index (χ0v) is 18.0. The second kappa shape index (κ2) is 7.54. The lowest BCUT2D eigenvalue weighted by molar-refractivity contribution is 0.102. The largest absolute Gasteiger partial charge is 0.339 e. The van der Waals surface area contributed by atoms with Gasteiger partial charge in [-0.15, -0.1) is 0 Å². The molecule has 0 atom stereocenters. The predicted molar refractivity (Wildman–Crippen MR) is 124 cm³/mol. The fourth-order valence-corrected chi connectivity index (χ4v) is 4.27. The van der Waals surface area contributed by atoms with Gasteiger partial charge in [-0.05, 0) is 57.0 Å². The van der Waals surface area contributed by atoms with Gasteiger partial charge in [0.25, 0.3) is 5.91 Å². The molecular formula is C25H25N5O. The van der Waals surface area contributed by atoms with Crippen molar-refractivity contribution in [3.8, 4) is 0 Å². The molecule has 0 radical (unpaired) electrons. The molecule has 1 amide bonds. The van der Waals surface area contributed by atoms with Crippen LogP contribution in [0.4, 0.5) is 17.1 Å². The SMILES string of the molecule is Cc1nc2c(cnn2C(C)C)cc1C(=O)Nc1ccccc1N1CCc2ccccc21. The number of nitrogens with one attached hydrogen (secondary N) is 1. The maximum atomic E-state index is 13.2. The molecule has 0 spiro atoms. The minimum absolute atomic E-state index is 0.163. The summed E-state index contributed by atoms with van der Waals surface area (Å²) in [5, 5.41) is 8.41. The fourth-order valence-electron chi connectivity index (χ4n) is 4.27. The van der Waals surface area contributed by atoms with Crippen molar-refractivity contribution in [1.82, 2.24) is 14.8 Å². The van der Waals surface area contributed by atoms with Crippen LogP contribution in [0.2, 0.25) is 0 Å². The van der Waals surface area contributed by atoms with Gasteiger partial charge < -0.3 is 10.2 Å². The average molecular weight is 412 g/mol. The molecule has 31 heavy (non-hydrogen) atoms. The number of nitrogens with zero attached hydrogens (tertiary/aromatic N) is 4. The molecule has 156 valence electrons. The van der Waals surface area contributed by atoms with Crippen LogP contribution in [0, 0.1) is 6.92 Å². The zero-order chi connectivity index (χ0) is 21.5. The number of amides is 1. The Labute approximate surface area is 181 Å². The van der Waals surface area contributed by atoms with Gasteiger partial charge in [-0.25, -0.2) is 9.67 Å². The molecular weight excluding hydrogens is 386 g/mol. The van der Waals surface area contributed by atoms with Gasteiger partial charge in [0.2, 0.25) is 0 Å². The Balaban J connectivity index is 1.48. The number of benzene rings is 2. The number of aromatic nitrogens is 3. The van der Waals surface area contributed by atoms with Crippen LogP contribution < -0.4 is 10.2 Å². The van der Waals surface area contributed by atoms with Gasteiger partial charge in [-0.1, -0.05) is 30.3 Å². The van der Waals surface area contributed by atoms with Crippen LogP contribution in [0.25, 0.3) is 11.0 Å². The van der Waals surface area contributed by atoms with E-state index in [4.69, 9.17) is 0 Å². The molecule has 3 heterocycles. The second-order valence-electron chi connectivity index (χ2n) is 8.22. The standard InChI is InChI=1S/C25H25N5O/c1-16(2)30-24-19(15-26-30)14-20(17(3)27-24)25(31)28-21-9-5-7-11-23(21)29-13-12-18-8-4-6-10-22(18)29/h4-11,14-16H,12-13H2,1-3H3,(H,28,31). The van der Waals surface area contributed by atoms with Gasteiger partial charge in [0.1, 0.15) is 0 Å². The number of carbonyl (C=O) groups is 1. The van der Waals surface area contributed by atoms with E-state index in [1.807, 2.05) is 35.9 Å². The molecule has 1 aliphatic heterocycles. The summed E-state index contributed by atoms with van der Waals surface area (Å²) in [6.07, 6.45) is 2.77. The number of anilines is 3. The number of pyridine rings is 1. The van der Waals surface area contributed by atoms with Gasteiger partial charge in [0.05, 0.1) is 28.8 Å². The molecule has 0 bridgehead atoms. The molecule has 0 saturated heterocycles. The van der Waals surface area contributed by atoms with Crippen molar-refractivity contribution in [2.24, 2.45) is 0 Å². The van der Waals surface area contributed by atoms with E-state index < -0.39 is 0 Å². The molecule has 1 N–H and O–H groups in total. The lowest BCUT2D eigenvalue weighted by Gasteiger charge is -2.23. The second-order valence-corrected chi connectivity index (χ2v) is 8.22. The zero-order valence-electron chi connectivity index (χ0n) is 18.0. The topological polar surface area (TPSA) is 63.1 Å². The Hall–Kier alpha value is -3.67. The summed E-state index contributed by atoms with van der Waals surface area (Å²) in [4.78, 5) is 20.2. The minimum atomic E-state index is -0.163. The summed E-state index contributed by atoms with van der Waals surface area (Å²) in [6.45, 7) is 6.90. The molecule has 2 aromatic heterocycles. The highest BCUT2D eigenvalue weighted by atomic mass is 16.1. The van der Waals surface area contributed by atoms with Crippen molar-refractivity contribution in [2.45, 2.75) is 33.2 Å². The highest BCUT2D eigenvalue weighted by Crippen LogP contribution is 2.38. The van der Waals surface area contributed by atoms with E-state index in [1.165, 1.54) is 11.3 Å². The third-order valence-corrected chi connectivity index (χ3v) is 5.82. The van der Waals surface area contributed by atoms with Crippen molar-refractivity contribution in [3.05, 3.63) is 77.6 Å². The predicted octanol–water partition coefficient (Wildman–Crippen LogP) is 5.27. The Morgan fingerprint density at radius 1 is 1.06 bits per heavy atom. The van der Waals surface area contributed by atoms with Crippen LogP contribution >= 0.6 is 0 Å². The summed E-state index contributed by atoms with van der Waals surface area (Å²) in [5.41, 5.74) is 6.38. The van der Waals surface area contributed by atoms with Gasteiger partial charge >= 0.3 is 0 Å². The Morgan fingerprint density at radius 3 is 2.61 bits per heavy atom. The van der Waals surface area contributed by atoms with E-state index in [-0.39, 0.29) is 11.9 Å². The first-order valence-electron chi connectivity index (χ1n) is 10.6. The number of hydrogen-bond acceptors (Lipinski definition) is 4. The summed E-state index contributed by atoms with van der Waals surface area (Å²) < 4.78 is 1.88. The monoisotopic (exact) mass is 411 g/mol. The summed E-state index contributed by atoms with van der Waals surface area (Å²) in [6, 6.07) is 18.5. The average Bonchev–Trinajstić information content (AvgIpc) is 3.37. The smallest absolute Gasteiger partial charge is 0.257 e. The van der Waals surface area contributed by atoms with Crippen LogP contribution in [-0.4, -0.2) is 27.2 Å². The van der Waals surface area contributed by atoms with Gasteiger partial charge in [0, 0.05) is 23.7 Å². The molecule has 4 aromatic rings. The molecule has 0 unspecified atom stereocenters. The van der Waals surface area contributed by atoms with Gasteiger partial charge in [0.15, 0.2) is 5.65 Å². The molecule has 5 rings (SSSR count). The maximum Gasteiger partial charge on any atom is 0.257 e. The van der Waals surface area contributed by atoms with E-state index in [1.54, 1.807) is 6.20 Å².